The third-order valence-electron chi connectivity index (χ3n) is 2.87. The Morgan fingerprint density at radius 2 is 2.12 bits per heavy atom. The molecule has 1 fully saturated rings. The van der Waals surface area contributed by atoms with Crippen LogP contribution in [0.2, 0.25) is 0 Å². The Bertz CT molecular complexity index is 252. The van der Waals surface area contributed by atoms with Crippen LogP contribution in [0.15, 0.2) is 0 Å². The fourth-order valence-electron chi connectivity index (χ4n) is 1.97. The van der Waals surface area contributed by atoms with Crippen molar-refractivity contribution in [2.45, 2.75) is 38.1 Å². The van der Waals surface area contributed by atoms with Gasteiger partial charge in [-0.2, -0.15) is 0 Å². The van der Waals surface area contributed by atoms with E-state index >= 15 is 0 Å². The van der Waals surface area contributed by atoms with Crippen LogP contribution in [0.1, 0.15) is 32.1 Å². The molecule has 1 amide bonds. The number of rotatable bonds is 6. The van der Waals surface area contributed by atoms with E-state index in [1.807, 2.05) is 11.9 Å². The summed E-state index contributed by atoms with van der Waals surface area (Å²) in [6.45, 7) is 1.17. The average Bonchev–Trinajstić information content (AvgIpc) is 2.67. The molecule has 0 aliphatic heterocycles. The van der Waals surface area contributed by atoms with E-state index in [1.165, 1.54) is 12.8 Å². The normalized spacial score (nSPS) is 16.6. The zero-order chi connectivity index (χ0) is 12.0. The standard InChI is InChI=1S/C11H21N3OS/c1-14(7-6-10(12)16)8-11(15)13-9-4-2-3-5-9/h9H,2-8H2,1H3,(H2,12,16)(H,13,15). The summed E-state index contributed by atoms with van der Waals surface area (Å²) in [5.74, 6) is 0.109. The number of hydrogen-bond donors (Lipinski definition) is 2. The highest BCUT2D eigenvalue weighted by molar-refractivity contribution is 7.80. The molecule has 0 bridgehead atoms. The van der Waals surface area contributed by atoms with Gasteiger partial charge in [0.25, 0.3) is 0 Å². The van der Waals surface area contributed by atoms with E-state index in [0.29, 0.717) is 24.0 Å². The third kappa shape index (κ3) is 5.42. The Balaban J connectivity index is 2.14. The molecule has 3 N–H and O–H groups in total. The number of thiocarbonyl (C=S) groups is 1. The van der Waals surface area contributed by atoms with Crippen LogP contribution in [0.3, 0.4) is 0 Å². The number of carbonyl (C=O) groups is 1. The Morgan fingerprint density at radius 1 is 1.50 bits per heavy atom. The van der Waals surface area contributed by atoms with E-state index in [4.69, 9.17) is 18.0 Å². The maximum absolute atomic E-state index is 11.6. The van der Waals surface area contributed by atoms with Gasteiger partial charge in [-0.15, -0.1) is 0 Å². The minimum absolute atomic E-state index is 0.109. The molecule has 0 heterocycles. The van der Waals surface area contributed by atoms with Crippen LogP contribution in [0, 0.1) is 0 Å². The highest BCUT2D eigenvalue weighted by Gasteiger charge is 2.17. The molecule has 0 unspecified atom stereocenters. The lowest BCUT2D eigenvalue weighted by Crippen LogP contribution is -2.40. The predicted molar refractivity (Wildman–Crippen MR) is 69.3 cm³/mol. The predicted octanol–water partition coefficient (Wildman–Crippen LogP) is 0.653. The highest BCUT2D eigenvalue weighted by atomic mass is 32.1. The van der Waals surface area contributed by atoms with Gasteiger partial charge in [-0.05, 0) is 19.9 Å². The largest absolute Gasteiger partial charge is 0.393 e. The van der Waals surface area contributed by atoms with Gasteiger partial charge >= 0.3 is 0 Å². The minimum atomic E-state index is 0.109. The molecule has 16 heavy (non-hydrogen) atoms. The Hall–Kier alpha value is -0.680. The van der Waals surface area contributed by atoms with Crippen molar-refractivity contribution in [1.29, 1.82) is 0 Å². The maximum Gasteiger partial charge on any atom is 0.234 e. The molecule has 0 radical (unpaired) electrons. The third-order valence-corrected chi connectivity index (χ3v) is 3.08. The van der Waals surface area contributed by atoms with E-state index in [2.05, 4.69) is 5.32 Å². The van der Waals surface area contributed by atoms with Crippen molar-refractivity contribution in [3.63, 3.8) is 0 Å². The molecule has 5 heteroatoms. The van der Waals surface area contributed by atoms with E-state index in [9.17, 15) is 4.79 Å². The number of amides is 1. The molecule has 0 aromatic heterocycles. The van der Waals surface area contributed by atoms with Crippen molar-refractivity contribution in [2.75, 3.05) is 20.1 Å². The van der Waals surface area contributed by atoms with Crippen molar-refractivity contribution < 1.29 is 4.79 Å². The van der Waals surface area contributed by atoms with Gasteiger partial charge in [0.1, 0.15) is 0 Å². The van der Waals surface area contributed by atoms with E-state index < -0.39 is 0 Å². The van der Waals surface area contributed by atoms with Crippen molar-refractivity contribution in [3.05, 3.63) is 0 Å². The fourth-order valence-corrected chi connectivity index (χ4v) is 2.06. The van der Waals surface area contributed by atoms with Gasteiger partial charge < -0.3 is 11.1 Å². The van der Waals surface area contributed by atoms with Gasteiger partial charge in [-0.25, -0.2) is 0 Å². The Morgan fingerprint density at radius 3 is 2.69 bits per heavy atom. The van der Waals surface area contributed by atoms with Crippen molar-refractivity contribution in [3.8, 4) is 0 Å². The molecule has 4 nitrogen and oxygen atoms in total. The molecular formula is C11H21N3OS. The summed E-state index contributed by atoms with van der Waals surface area (Å²) >= 11 is 4.79. The molecule has 0 aromatic carbocycles. The first-order valence-corrected chi connectivity index (χ1v) is 6.25. The van der Waals surface area contributed by atoms with Crippen molar-refractivity contribution in [2.24, 2.45) is 5.73 Å². The summed E-state index contributed by atoms with van der Waals surface area (Å²) in [6.07, 6.45) is 5.40. The molecule has 1 aliphatic carbocycles. The van der Waals surface area contributed by atoms with Crippen LogP contribution in [0.4, 0.5) is 0 Å². The first kappa shape index (κ1) is 13.4. The number of nitrogens with one attached hydrogen (secondary N) is 1. The van der Waals surface area contributed by atoms with E-state index in [0.717, 1.165) is 19.4 Å². The number of likely N-dealkylation sites (N-methyl/N-ethyl adjacent to an activating group) is 1. The SMILES string of the molecule is CN(CCC(N)=S)CC(=O)NC1CCCC1. The monoisotopic (exact) mass is 243 g/mol. The second-order valence-corrected chi connectivity index (χ2v) is 5.03. The molecule has 92 valence electrons. The number of nitrogens with two attached hydrogens (primary N) is 1. The average molecular weight is 243 g/mol. The smallest absolute Gasteiger partial charge is 0.234 e. The van der Waals surface area contributed by atoms with E-state index in [-0.39, 0.29) is 5.91 Å². The molecule has 0 saturated heterocycles. The number of hydrogen-bond acceptors (Lipinski definition) is 3. The molecule has 0 spiro atoms. The van der Waals surface area contributed by atoms with Gasteiger partial charge in [0.15, 0.2) is 0 Å². The summed E-state index contributed by atoms with van der Waals surface area (Å²) in [4.78, 5) is 14.1. The first-order valence-electron chi connectivity index (χ1n) is 5.84. The second kappa shape index (κ2) is 6.81. The van der Waals surface area contributed by atoms with Gasteiger partial charge in [0.2, 0.25) is 5.91 Å². The summed E-state index contributed by atoms with van der Waals surface area (Å²) in [6, 6.07) is 0.400. The lowest BCUT2D eigenvalue weighted by atomic mass is 10.2. The second-order valence-electron chi connectivity index (χ2n) is 4.50. The van der Waals surface area contributed by atoms with E-state index in [1.54, 1.807) is 0 Å². The quantitative estimate of drug-likeness (QED) is 0.673. The molecule has 1 rings (SSSR count). The summed E-state index contributed by atoms with van der Waals surface area (Å²) in [5.41, 5.74) is 5.41. The van der Waals surface area contributed by atoms with Crippen LogP contribution in [0.5, 0.6) is 0 Å². The topological polar surface area (TPSA) is 58.4 Å². The summed E-state index contributed by atoms with van der Waals surface area (Å²) < 4.78 is 0. The molecule has 1 aliphatic rings. The lowest BCUT2D eigenvalue weighted by molar-refractivity contribution is -0.122. The Kier molecular flexibility index (Phi) is 5.69. The fraction of sp³-hybridized carbons (Fsp3) is 0.818. The molecule has 0 atom stereocenters. The zero-order valence-corrected chi connectivity index (χ0v) is 10.7. The summed E-state index contributed by atoms with van der Waals surface area (Å²) in [7, 11) is 1.91. The maximum atomic E-state index is 11.6. The van der Waals surface area contributed by atoms with Crippen molar-refractivity contribution >= 4 is 23.1 Å². The van der Waals surface area contributed by atoms with Crippen LogP contribution >= 0.6 is 12.2 Å². The molecule has 1 saturated carbocycles. The first-order chi connectivity index (χ1) is 7.58. The van der Waals surface area contributed by atoms with Gasteiger partial charge in [-0.1, -0.05) is 25.1 Å². The zero-order valence-electron chi connectivity index (χ0n) is 9.87. The molecule has 0 aromatic rings. The minimum Gasteiger partial charge on any atom is -0.393 e. The van der Waals surface area contributed by atoms with Crippen LogP contribution in [-0.4, -0.2) is 42.0 Å². The van der Waals surface area contributed by atoms with Gasteiger partial charge in [0, 0.05) is 19.0 Å². The van der Waals surface area contributed by atoms with Crippen LogP contribution in [-0.2, 0) is 4.79 Å². The highest BCUT2D eigenvalue weighted by Crippen LogP contribution is 2.17. The number of nitrogens with zero attached hydrogens (tertiary/aromatic N) is 1. The Labute approximate surface area is 103 Å². The van der Waals surface area contributed by atoms with Gasteiger partial charge in [0.05, 0.1) is 11.5 Å². The lowest BCUT2D eigenvalue weighted by Gasteiger charge is -2.18. The van der Waals surface area contributed by atoms with Crippen LogP contribution in [0.25, 0.3) is 0 Å². The summed E-state index contributed by atoms with van der Waals surface area (Å²) in [5, 5.41) is 3.05. The number of carbonyl (C=O) groups excluding carboxylic acids is 1. The molecular weight excluding hydrogens is 222 g/mol. The van der Waals surface area contributed by atoms with Crippen LogP contribution < -0.4 is 11.1 Å². The van der Waals surface area contributed by atoms with Gasteiger partial charge in [-0.3, -0.25) is 9.69 Å². The van der Waals surface area contributed by atoms with Crippen molar-refractivity contribution in [1.82, 2.24) is 10.2 Å².